The summed E-state index contributed by atoms with van der Waals surface area (Å²) in [7, 11) is -3.63. The second-order valence-corrected chi connectivity index (χ2v) is 8.57. The third-order valence-corrected chi connectivity index (χ3v) is 6.16. The number of carbonyl (C=O) groups is 2. The second-order valence-electron chi connectivity index (χ2n) is 6.81. The van der Waals surface area contributed by atoms with Crippen LogP contribution in [0.3, 0.4) is 0 Å². The summed E-state index contributed by atoms with van der Waals surface area (Å²) in [6.07, 6.45) is 4.36. The Morgan fingerprint density at radius 1 is 1.14 bits per heavy atom. The van der Waals surface area contributed by atoms with Crippen molar-refractivity contribution in [1.82, 2.24) is 9.62 Å². The van der Waals surface area contributed by atoms with E-state index in [1.54, 1.807) is 23.1 Å². The van der Waals surface area contributed by atoms with Crippen molar-refractivity contribution < 1.29 is 22.4 Å². The molecule has 0 radical (unpaired) electrons. The minimum absolute atomic E-state index is 0.0629. The van der Waals surface area contributed by atoms with E-state index in [1.807, 2.05) is 0 Å². The van der Waals surface area contributed by atoms with E-state index in [4.69, 9.17) is 4.42 Å². The van der Waals surface area contributed by atoms with Crippen LogP contribution in [0.2, 0.25) is 0 Å². The Kier molecular flexibility index (Phi) is 6.15. The number of rotatable bonds is 6. The van der Waals surface area contributed by atoms with Crippen molar-refractivity contribution in [2.75, 3.05) is 25.0 Å². The number of hydrogen-bond acceptors (Lipinski definition) is 5. The van der Waals surface area contributed by atoms with Gasteiger partial charge in [0.2, 0.25) is 15.9 Å². The Labute approximate surface area is 164 Å². The van der Waals surface area contributed by atoms with Crippen molar-refractivity contribution in [2.24, 2.45) is 5.92 Å². The lowest BCUT2D eigenvalue weighted by Gasteiger charge is -2.31. The number of sulfonamides is 1. The average Bonchev–Trinajstić information content (AvgIpc) is 3.21. The van der Waals surface area contributed by atoms with E-state index in [1.165, 1.54) is 31.6 Å². The van der Waals surface area contributed by atoms with Gasteiger partial charge in [0.15, 0.2) is 0 Å². The molecule has 1 fully saturated rings. The minimum Gasteiger partial charge on any atom is -0.472 e. The maximum absolute atomic E-state index is 12.5. The van der Waals surface area contributed by atoms with Gasteiger partial charge >= 0.3 is 0 Å². The molecule has 1 saturated heterocycles. The lowest BCUT2D eigenvalue weighted by molar-refractivity contribution is -0.114. The molecule has 2 aromatic rings. The summed E-state index contributed by atoms with van der Waals surface area (Å²) in [6, 6.07) is 7.66. The molecule has 28 heavy (non-hydrogen) atoms. The summed E-state index contributed by atoms with van der Waals surface area (Å²) in [5.74, 6) is -0.111. The summed E-state index contributed by atoms with van der Waals surface area (Å²) in [5, 5.41) is 2.60. The molecule has 2 N–H and O–H groups in total. The van der Waals surface area contributed by atoms with Crippen LogP contribution >= 0.6 is 0 Å². The summed E-state index contributed by atoms with van der Waals surface area (Å²) in [5.41, 5.74) is 1.07. The molecule has 1 aromatic carbocycles. The Morgan fingerprint density at radius 2 is 1.82 bits per heavy atom. The highest BCUT2D eigenvalue weighted by atomic mass is 32.2. The molecule has 150 valence electrons. The molecule has 1 aliphatic heterocycles. The standard InChI is InChI=1S/C19H23N3O5S/c1-14(23)21-17-2-4-18(5-3-17)28(25,26)20-12-15-6-9-22(10-7-15)19(24)16-8-11-27-13-16/h2-5,8,11,13,15,20H,6-7,9-10,12H2,1H3,(H,21,23). The summed E-state index contributed by atoms with van der Waals surface area (Å²) in [6.45, 7) is 2.88. The molecule has 1 aromatic heterocycles. The lowest BCUT2D eigenvalue weighted by Crippen LogP contribution is -2.41. The third kappa shape index (κ3) is 4.99. The van der Waals surface area contributed by atoms with Crippen LogP contribution in [-0.2, 0) is 14.8 Å². The Hall–Kier alpha value is -2.65. The van der Waals surface area contributed by atoms with Crippen molar-refractivity contribution in [3.05, 3.63) is 48.4 Å². The number of amides is 2. The van der Waals surface area contributed by atoms with Gasteiger partial charge in [-0.25, -0.2) is 13.1 Å². The predicted octanol–water partition coefficient (Wildman–Crippen LogP) is 2.07. The largest absolute Gasteiger partial charge is 0.472 e. The van der Waals surface area contributed by atoms with Crippen LogP contribution in [0.1, 0.15) is 30.1 Å². The first kappa shape index (κ1) is 20.1. The summed E-state index contributed by atoms with van der Waals surface area (Å²) >= 11 is 0. The van der Waals surface area contributed by atoms with E-state index >= 15 is 0 Å². The minimum atomic E-state index is -3.63. The molecule has 0 bridgehead atoms. The van der Waals surface area contributed by atoms with Crippen molar-refractivity contribution >= 4 is 27.5 Å². The molecular formula is C19H23N3O5S. The normalized spacial score (nSPS) is 15.4. The fourth-order valence-corrected chi connectivity index (χ4v) is 4.26. The van der Waals surface area contributed by atoms with E-state index in [2.05, 4.69) is 10.0 Å². The monoisotopic (exact) mass is 405 g/mol. The third-order valence-electron chi connectivity index (χ3n) is 4.72. The fourth-order valence-electron chi connectivity index (χ4n) is 3.14. The SMILES string of the molecule is CC(=O)Nc1ccc(S(=O)(=O)NCC2CCN(C(=O)c3ccoc3)CC2)cc1. The zero-order chi connectivity index (χ0) is 20.1. The summed E-state index contributed by atoms with van der Waals surface area (Å²) in [4.78, 5) is 25.2. The van der Waals surface area contributed by atoms with Crippen LogP contribution in [-0.4, -0.2) is 44.8 Å². The van der Waals surface area contributed by atoms with E-state index in [0.717, 1.165) is 12.8 Å². The van der Waals surface area contributed by atoms with Gasteiger partial charge in [-0.1, -0.05) is 0 Å². The maximum Gasteiger partial charge on any atom is 0.257 e. The van der Waals surface area contributed by atoms with Gasteiger partial charge in [0.05, 0.1) is 16.7 Å². The topological polar surface area (TPSA) is 109 Å². The average molecular weight is 405 g/mol. The molecule has 1 aliphatic rings. The Bertz CT molecular complexity index is 915. The molecule has 0 unspecified atom stereocenters. The number of hydrogen-bond donors (Lipinski definition) is 2. The number of nitrogens with one attached hydrogen (secondary N) is 2. The Morgan fingerprint density at radius 3 is 2.39 bits per heavy atom. The highest BCUT2D eigenvalue weighted by molar-refractivity contribution is 7.89. The van der Waals surface area contributed by atoms with Gasteiger partial charge in [-0.3, -0.25) is 9.59 Å². The smallest absolute Gasteiger partial charge is 0.257 e. The van der Waals surface area contributed by atoms with Gasteiger partial charge in [-0.2, -0.15) is 0 Å². The predicted molar refractivity (Wildman–Crippen MR) is 103 cm³/mol. The number of piperidine rings is 1. The fraction of sp³-hybridized carbons (Fsp3) is 0.368. The van der Waals surface area contributed by atoms with Crippen LogP contribution in [0.4, 0.5) is 5.69 Å². The van der Waals surface area contributed by atoms with Crippen molar-refractivity contribution in [3.63, 3.8) is 0 Å². The summed E-state index contributed by atoms with van der Waals surface area (Å²) < 4.78 is 32.5. The van der Waals surface area contributed by atoms with Crippen LogP contribution in [0.25, 0.3) is 0 Å². The van der Waals surface area contributed by atoms with E-state index in [-0.39, 0.29) is 22.6 Å². The number of likely N-dealkylation sites (tertiary alicyclic amines) is 1. The number of nitrogens with zero attached hydrogens (tertiary/aromatic N) is 1. The molecule has 2 heterocycles. The van der Waals surface area contributed by atoms with Gasteiger partial charge in [0.25, 0.3) is 5.91 Å². The number of benzene rings is 1. The molecule has 9 heteroatoms. The van der Waals surface area contributed by atoms with E-state index in [9.17, 15) is 18.0 Å². The molecule has 0 spiro atoms. The molecule has 0 saturated carbocycles. The van der Waals surface area contributed by atoms with Crippen LogP contribution in [0.5, 0.6) is 0 Å². The van der Waals surface area contributed by atoms with Gasteiger partial charge in [-0.05, 0) is 49.1 Å². The number of carbonyl (C=O) groups excluding carboxylic acids is 2. The highest BCUT2D eigenvalue weighted by Gasteiger charge is 2.25. The van der Waals surface area contributed by atoms with Gasteiger partial charge in [0, 0.05) is 32.2 Å². The van der Waals surface area contributed by atoms with Crippen LogP contribution in [0, 0.1) is 5.92 Å². The zero-order valence-electron chi connectivity index (χ0n) is 15.6. The number of furan rings is 1. The van der Waals surface area contributed by atoms with Crippen LogP contribution < -0.4 is 10.0 Å². The second kappa shape index (κ2) is 8.57. The maximum atomic E-state index is 12.5. The van der Waals surface area contributed by atoms with Crippen molar-refractivity contribution in [3.8, 4) is 0 Å². The molecule has 0 atom stereocenters. The zero-order valence-corrected chi connectivity index (χ0v) is 16.4. The first-order valence-corrected chi connectivity index (χ1v) is 10.5. The Balaban J connectivity index is 1.50. The first-order valence-electron chi connectivity index (χ1n) is 9.04. The van der Waals surface area contributed by atoms with Gasteiger partial charge in [0.1, 0.15) is 6.26 Å². The lowest BCUT2D eigenvalue weighted by atomic mass is 9.97. The molecule has 3 rings (SSSR count). The van der Waals surface area contributed by atoms with Gasteiger partial charge in [-0.15, -0.1) is 0 Å². The molecule has 2 amide bonds. The number of anilines is 1. The van der Waals surface area contributed by atoms with Crippen molar-refractivity contribution in [1.29, 1.82) is 0 Å². The van der Waals surface area contributed by atoms with E-state index in [0.29, 0.717) is 30.9 Å². The molecule has 8 nitrogen and oxygen atoms in total. The van der Waals surface area contributed by atoms with Gasteiger partial charge < -0.3 is 14.6 Å². The van der Waals surface area contributed by atoms with E-state index < -0.39 is 10.0 Å². The first-order chi connectivity index (χ1) is 13.3. The highest BCUT2D eigenvalue weighted by Crippen LogP contribution is 2.20. The quantitative estimate of drug-likeness (QED) is 0.765. The van der Waals surface area contributed by atoms with Crippen LogP contribution in [0.15, 0.2) is 52.2 Å². The molecular weight excluding hydrogens is 382 g/mol. The van der Waals surface area contributed by atoms with Crippen molar-refractivity contribution in [2.45, 2.75) is 24.7 Å². The molecule has 0 aliphatic carbocycles.